The normalized spacial score (nSPS) is 28.0. The summed E-state index contributed by atoms with van der Waals surface area (Å²) in [6.45, 7) is -0.595. The van der Waals surface area contributed by atoms with Gasteiger partial charge in [0.15, 0.2) is 17.7 Å². The lowest BCUT2D eigenvalue weighted by molar-refractivity contribution is -0.233. The summed E-state index contributed by atoms with van der Waals surface area (Å²) >= 11 is 0. The van der Waals surface area contributed by atoms with Crippen LogP contribution < -0.4 is 20.2 Å². The number of aliphatic hydroxyl groups is 4. The van der Waals surface area contributed by atoms with Crippen molar-refractivity contribution in [3.63, 3.8) is 0 Å². The Kier molecular flexibility index (Phi) is 7.33. The van der Waals surface area contributed by atoms with Gasteiger partial charge < -0.3 is 40.0 Å². The molecule has 2 rings (SSSR count). The average molecular weight is 385 g/mol. The second-order valence-corrected chi connectivity index (χ2v) is 5.71. The monoisotopic (exact) mass is 385 g/mol. The highest BCUT2D eigenvalue weighted by atomic mass is 16.6. The molecule has 6 N–H and O–H groups in total. The van der Waals surface area contributed by atoms with Gasteiger partial charge in [-0.15, -0.1) is 0 Å². The Morgan fingerprint density at radius 3 is 2.52 bits per heavy atom. The minimum absolute atomic E-state index is 0.493. The highest BCUT2D eigenvalue weighted by Crippen LogP contribution is 2.26. The molecule has 1 saturated heterocycles. The van der Waals surface area contributed by atoms with Crippen molar-refractivity contribution >= 4 is 12.2 Å². The van der Waals surface area contributed by atoms with Gasteiger partial charge in [0.1, 0.15) is 24.4 Å². The molecular formula is C16H23N3O8. The van der Waals surface area contributed by atoms with E-state index in [0.717, 1.165) is 0 Å². The van der Waals surface area contributed by atoms with Crippen LogP contribution in [0.25, 0.3) is 0 Å². The largest absolute Gasteiger partial charge is 0.493 e. The number of hydrazone groups is 1. The van der Waals surface area contributed by atoms with E-state index in [1.165, 1.54) is 20.4 Å². The number of aliphatic hydroxyl groups excluding tert-OH is 4. The molecule has 2 amide bonds. The maximum atomic E-state index is 11.9. The predicted octanol–water partition coefficient (Wildman–Crippen LogP) is -1.86. The molecule has 5 atom stereocenters. The fourth-order valence-electron chi connectivity index (χ4n) is 2.48. The summed E-state index contributed by atoms with van der Waals surface area (Å²) < 4.78 is 15.4. The molecule has 0 aromatic heterocycles. The fraction of sp³-hybridized carbons (Fsp3) is 0.500. The van der Waals surface area contributed by atoms with E-state index in [1.807, 2.05) is 0 Å². The van der Waals surface area contributed by atoms with Crippen LogP contribution in [0, 0.1) is 0 Å². The smallest absolute Gasteiger partial charge is 0.337 e. The van der Waals surface area contributed by atoms with Gasteiger partial charge in [0, 0.05) is 0 Å². The minimum Gasteiger partial charge on any atom is -0.493 e. The Hall–Kier alpha value is -2.44. The third-order valence-electron chi connectivity index (χ3n) is 3.95. The summed E-state index contributed by atoms with van der Waals surface area (Å²) in [4.78, 5) is 11.9. The highest BCUT2D eigenvalue weighted by molar-refractivity contribution is 5.82. The first-order valence-electron chi connectivity index (χ1n) is 8.03. The molecule has 0 aliphatic carbocycles. The van der Waals surface area contributed by atoms with Crippen molar-refractivity contribution in [3.8, 4) is 11.5 Å². The molecule has 11 nitrogen and oxygen atoms in total. The number of carbonyl (C=O) groups excluding carboxylic acids is 1. The van der Waals surface area contributed by atoms with Crippen molar-refractivity contribution in [2.45, 2.75) is 30.6 Å². The van der Waals surface area contributed by atoms with Gasteiger partial charge in [0.2, 0.25) is 0 Å². The Morgan fingerprint density at radius 2 is 1.89 bits per heavy atom. The number of carbonyl (C=O) groups is 1. The van der Waals surface area contributed by atoms with Gasteiger partial charge in [-0.3, -0.25) is 0 Å². The molecule has 1 heterocycles. The second kappa shape index (κ2) is 9.48. The lowest BCUT2D eigenvalue weighted by Gasteiger charge is -2.39. The molecule has 0 saturated carbocycles. The molecule has 1 aliphatic heterocycles. The number of hydrogen-bond donors (Lipinski definition) is 6. The van der Waals surface area contributed by atoms with E-state index in [4.69, 9.17) is 19.3 Å². The summed E-state index contributed by atoms with van der Waals surface area (Å²) in [6, 6.07) is 4.20. The molecule has 0 spiro atoms. The summed E-state index contributed by atoms with van der Waals surface area (Å²) in [5.74, 6) is 1.04. The number of hydrogen-bond acceptors (Lipinski definition) is 9. The van der Waals surface area contributed by atoms with Gasteiger partial charge in [-0.2, -0.15) is 5.10 Å². The molecule has 11 heteroatoms. The number of nitrogens with zero attached hydrogens (tertiary/aromatic N) is 1. The van der Waals surface area contributed by atoms with E-state index >= 15 is 0 Å². The van der Waals surface area contributed by atoms with Crippen LogP contribution in [0.5, 0.6) is 11.5 Å². The quantitative estimate of drug-likeness (QED) is 0.245. The van der Waals surface area contributed by atoms with E-state index in [9.17, 15) is 20.1 Å². The molecule has 150 valence electrons. The molecule has 0 unspecified atom stereocenters. The van der Waals surface area contributed by atoms with Crippen LogP contribution in [-0.2, 0) is 4.74 Å². The topological polar surface area (TPSA) is 162 Å². The molecule has 0 bridgehead atoms. The van der Waals surface area contributed by atoms with Gasteiger partial charge in [0.05, 0.1) is 27.0 Å². The molecule has 1 aromatic carbocycles. The van der Waals surface area contributed by atoms with Crippen LogP contribution in [0.15, 0.2) is 23.3 Å². The van der Waals surface area contributed by atoms with Crippen LogP contribution in [0.4, 0.5) is 4.79 Å². The number of benzene rings is 1. The Morgan fingerprint density at radius 1 is 1.19 bits per heavy atom. The van der Waals surface area contributed by atoms with Crippen molar-refractivity contribution in [1.29, 1.82) is 0 Å². The number of rotatable bonds is 6. The Balaban J connectivity index is 1.93. The summed E-state index contributed by atoms with van der Waals surface area (Å²) in [7, 11) is 3.00. The van der Waals surface area contributed by atoms with Crippen molar-refractivity contribution < 1.29 is 39.4 Å². The Labute approximate surface area is 155 Å². The van der Waals surface area contributed by atoms with Gasteiger partial charge in [-0.25, -0.2) is 10.2 Å². The predicted molar refractivity (Wildman–Crippen MR) is 92.6 cm³/mol. The molecule has 0 radical (unpaired) electrons. The van der Waals surface area contributed by atoms with Gasteiger partial charge in [0.25, 0.3) is 0 Å². The summed E-state index contributed by atoms with van der Waals surface area (Å²) in [5.41, 5.74) is 2.80. The van der Waals surface area contributed by atoms with Crippen LogP contribution in [0.1, 0.15) is 5.56 Å². The average Bonchev–Trinajstić information content (AvgIpc) is 2.68. The zero-order valence-corrected chi connectivity index (χ0v) is 14.8. The van der Waals surface area contributed by atoms with E-state index in [-0.39, 0.29) is 0 Å². The standard InChI is InChI=1S/C16H23N3O8/c1-25-9-4-3-8(5-10(9)26-2)6-17-19-16(24)18-15-14(23)13(22)12(21)11(7-20)27-15/h3-6,11-15,20-23H,7H2,1-2H3,(H2,18,19,24)/t11-,12-,13+,14-,15-/m0/s1. The van der Waals surface area contributed by atoms with Crippen LogP contribution >= 0.6 is 0 Å². The molecule has 1 aromatic rings. The highest BCUT2D eigenvalue weighted by Gasteiger charge is 2.43. The maximum Gasteiger partial charge on any atom is 0.337 e. The van der Waals surface area contributed by atoms with Crippen molar-refractivity contribution in [2.24, 2.45) is 5.10 Å². The summed E-state index contributed by atoms with van der Waals surface area (Å²) in [6.07, 6.45) is -5.77. The zero-order chi connectivity index (χ0) is 20.0. The van der Waals surface area contributed by atoms with Gasteiger partial charge >= 0.3 is 6.03 Å². The van der Waals surface area contributed by atoms with Crippen molar-refractivity contribution in [2.75, 3.05) is 20.8 Å². The molecule has 1 fully saturated rings. The van der Waals surface area contributed by atoms with Gasteiger partial charge in [-0.1, -0.05) is 0 Å². The molecule has 27 heavy (non-hydrogen) atoms. The van der Waals surface area contributed by atoms with Crippen LogP contribution in [0.3, 0.4) is 0 Å². The molecule has 1 aliphatic rings. The first kappa shape index (κ1) is 20.9. The third kappa shape index (κ3) is 5.05. The number of ether oxygens (including phenoxy) is 3. The number of urea groups is 1. The number of methoxy groups -OCH3 is 2. The number of amides is 2. The third-order valence-corrected chi connectivity index (χ3v) is 3.95. The fourth-order valence-corrected chi connectivity index (χ4v) is 2.48. The van der Waals surface area contributed by atoms with Crippen molar-refractivity contribution in [1.82, 2.24) is 10.7 Å². The summed E-state index contributed by atoms with van der Waals surface area (Å²) in [5, 5.41) is 44.4. The van der Waals surface area contributed by atoms with Crippen LogP contribution in [0.2, 0.25) is 0 Å². The minimum atomic E-state index is -1.59. The van der Waals surface area contributed by atoms with Crippen molar-refractivity contribution in [3.05, 3.63) is 23.8 Å². The molecular weight excluding hydrogens is 362 g/mol. The SMILES string of the molecule is COc1ccc(C=NNC(=O)N[C@H]2O[C@@H](CO)[C@H](O)[C@@H](O)[C@@H]2O)cc1OC. The number of nitrogens with one attached hydrogen (secondary N) is 2. The van der Waals surface area contributed by atoms with Gasteiger partial charge in [-0.05, 0) is 23.8 Å². The lowest BCUT2D eigenvalue weighted by atomic mass is 9.98. The van der Waals surface area contributed by atoms with Crippen LogP contribution in [-0.4, -0.2) is 84.1 Å². The lowest BCUT2D eigenvalue weighted by Crippen LogP contribution is -2.63. The van der Waals surface area contributed by atoms with E-state index in [2.05, 4.69) is 15.8 Å². The first-order valence-corrected chi connectivity index (χ1v) is 8.03. The van der Waals surface area contributed by atoms with E-state index in [0.29, 0.717) is 17.1 Å². The second-order valence-electron chi connectivity index (χ2n) is 5.71. The zero-order valence-electron chi connectivity index (χ0n) is 14.8. The first-order chi connectivity index (χ1) is 12.9. The maximum absolute atomic E-state index is 11.9. The Bertz CT molecular complexity index is 669. The van der Waals surface area contributed by atoms with E-state index < -0.39 is 43.3 Å². The van der Waals surface area contributed by atoms with E-state index in [1.54, 1.807) is 18.2 Å².